The Hall–Kier alpha value is -1.94. The monoisotopic (exact) mass is 445 g/mol. The summed E-state index contributed by atoms with van der Waals surface area (Å²) in [5.74, 6) is -0.546. The molecule has 0 aromatic heterocycles. The van der Waals surface area contributed by atoms with Crippen molar-refractivity contribution in [3.05, 3.63) is 38.0 Å². The first-order valence-corrected chi connectivity index (χ1v) is 8.73. The molecule has 2 aliphatic heterocycles. The summed E-state index contributed by atoms with van der Waals surface area (Å²) < 4.78 is 2.06. The van der Waals surface area contributed by atoms with E-state index in [1.54, 1.807) is 12.1 Å². The highest BCUT2D eigenvalue weighted by molar-refractivity contribution is 9.10. The van der Waals surface area contributed by atoms with Crippen LogP contribution in [0.1, 0.15) is 0 Å². The Morgan fingerprint density at radius 1 is 1.27 bits per heavy atom. The van der Waals surface area contributed by atoms with Crippen molar-refractivity contribution in [3.63, 3.8) is 0 Å². The van der Waals surface area contributed by atoms with Crippen LogP contribution in [-0.4, -0.2) is 69.1 Å². The number of quaternary nitrogens is 1. The molecule has 2 aliphatic rings. The molecule has 0 radical (unpaired) electrons. The first kappa shape index (κ1) is 20.4. The third kappa shape index (κ3) is 4.24. The van der Waals surface area contributed by atoms with Crippen LogP contribution in [0, 0.1) is 0 Å². The van der Waals surface area contributed by atoms with E-state index in [9.17, 15) is 15.1 Å². The second-order valence-electron chi connectivity index (χ2n) is 6.58. The second kappa shape index (κ2) is 7.75. The highest BCUT2D eigenvalue weighted by Crippen LogP contribution is 2.36. The molecule has 0 saturated carbocycles. The summed E-state index contributed by atoms with van der Waals surface area (Å²) >= 11 is 9.34. The molecule has 0 aliphatic carbocycles. The van der Waals surface area contributed by atoms with E-state index < -0.39 is 11.4 Å². The fourth-order valence-electron chi connectivity index (χ4n) is 2.21. The molecule has 3 N–H and O–H groups in total. The van der Waals surface area contributed by atoms with Gasteiger partial charge in [0.1, 0.15) is 12.1 Å². The maximum absolute atomic E-state index is 11.6. The molecule has 0 saturated heterocycles. The molecule has 2 heterocycles. The zero-order valence-corrected chi connectivity index (χ0v) is 16.8. The number of rotatable bonds is 2. The summed E-state index contributed by atoms with van der Waals surface area (Å²) in [6, 6.07) is 4.86. The van der Waals surface area contributed by atoms with Crippen LogP contribution in [0.5, 0.6) is 5.88 Å². The fourth-order valence-corrected chi connectivity index (χ4v) is 2.78. The summed E-state index contributed by atoms with van der Waals surface area (Å²) in [7, 11) is 6.16. The lowest BCUT2D eigenvalue weighted by atomic mass is 10.1. The maximum Gasteiger partial charge on any atom is 0.298 e. The van der Waals surface area contributed by atoms with Gasteiger partial charge in [0.25, 0.3) is 11.4 Å². The lowest BCUT2D eigenvalue weighted by Crippen LogP contribution is -2.36. The molecule has 3 rings (SSSR count). The molecule has 0 bridgehead atoms. The van der Waals surface area contributed by atoms with Crippen LogP contribution >= 0.6 is 27.5 Å². The standard InChI is InChI=1S/C11H5BrClN3O3.C5H14NO/c12-6-2-1-4-3-5-9(11(18)15-14-10(5)17)16(19)8(4)7(6)13;1-6(2,3)4-5-7/h1-3,18-19H;7H,4-5H2,1-3H3/q;+1. The van der Waals surface area contributed by atoms with Gasteiger partial charge in [0, 0.05) is 9.86 Å². The smallest absolute Gasteiger partial charge is 0.298 e. The number of aliphatic hydroxyl groups excluding tert-OH is 1. The number of pyridine rings is 1. The van der Waals surface area contributed by atoms with Gasteiger partial charge < -0.3 is 19.9 Å². The second-order valence-corrected chi connectivity index (χ2v) is 7.82. The van der Waals surface area contributed by atoms with E-state index >= 15 is 0 Å². The topological polar surface area (TPSA) is 108 Å². The Morgan fingerprint density at radius 2 is 1.92 bits per heavy atom. The quantitative estimate of drug-likeness (QED) is 0.315. The normalized spacial score (nSPS) is 11.5. The van der Waals surface area contributed by atoms with Gasteiger partial charge in [-0.15, -0.1) is 10.2 Å². The number of fused-ring (bicyclic) bond motifs is 2. The average molecular weight is 447 g/mol. The van der Waals surface area contributed by atoms with Crippen LogP contribution < -0.4 is 5.56 Å². The number of hydrogen-bond donors (Lipinski definition) is 3. The summed E-state index contributed by atoms with van der Waals surface area (Å²) in [4.78, 5) is 11.6. The van der Waals surface area contributed by atoms with E-state index in [1.807, 2.05) is 0 Å². The summed E-state index contributed by atoms with van der Waals surface area (Å²) in [5, 5.41) is 35.5. The van der Waals surface area contributed by atoms with Crippen molar-refractivity contribution in [3.8, 4) is 17.1 Å². The van der Waals surface area contributed by atoms with Gasteiger partial charge in [-0.1, -0.05) is 17.7 Å². The summed E-state index contributed by atoms with van der Waals surface area (Å²) in [5.41, 5.74) is -0.462. The van der Waals surface area contributed by atoms with Crippen molar-refractivity contribution in [1.82, 2.24) is 14.9 Å². The van der Waals surface area contributed by atoms with Gasteiger partial charge in [-0.2, -0.15) is 4.73 Å². The number of aromatic hydroxyl groups is 1. The molecule has 10 heteroatoms. The van der Waals surface area contributed by atoms with Crippen molar-refractivity contribution < 1.29 is 19.9 Å². The van der Waals surface area contributed by atoms with Crippen molar-refractivity contribution >= 4 is 38.4 Å². The van der Waals surface area contributed by atoms with Gasteiger partial charge in [0.05, 0.1) is 38.3 Å². The van der Waals surface area contributed by atoms with E-state index in [1.165, 1.54) is 6.07 Å². The van der Waals surface area contributed by atoms with Crippen LogP contribution in [0.4, 0.5) is 0 Å². The number of benzene rings is 1. The SMILES string of the molecule is C[N+](C)(C)CCO.O=c1nnc(O)c2n(O)c3c(Cl)c(Br)ccc3cc1-2. The number of aromatic nitrogens is 3. The Morgan fingerprint density at radius 3 is 2.46 bits per heavy atom. The summed E-state index contributed by atoms with van der Waals surface area (Å²) in [6.07, 6.45) is 0. The zero-order valence-electron chi connectivity index (χ0n) is 14.4. The minimum Gasteiger partial charge on any atom is -0.491 e. The van der Waals surface area contributed by atoms with Gasteiger partial charge in [-0.25, -0.2) is 0 Å². The first-order valence-electron chi connectivity index (χ1n) is 7.56. The van der Waals surface area contributed by atoms with Crippen LogP contribution in [0.3, 0.4) is 0 Å². The van der Waals surface area contributed by atoms with E-state index in [2.05, 4.69) is 47.3 Å². The molecule has 0 spiro atoms. The number of likely N-dealkylation sites (N-methyl/N-ethyl adjacent to an activating group) is 1. The predicted octanol–water partition coefficient (Wildman–Crippen LogP) is 1.94. The van der Waals surface area contributed by atoms with Crippen molar-refractivity contribution in [2.45, 2.75) is 0 Å². The maximum atomic E-state index is 11.6. The van der Waals surface area contributed by atoms with Crippen molar-refractivity contribution in [1.29, 1.82) is 0 Å². The first-order chi connectivity index (χ1) is 12.1. The molecular weight excluding hydrogens is 428 g/mol. The van der Waals surface area contributed by atoms with E-state index in [0.717, 1.165) is 11.0 Å². The van der Waals surface area contributed by atoms with Crippen LogP contribution in [-0.2, 0) is 0 Å². The third-order valence-electron chi connectivity index (χ3n) is 3.53. The number of aliphatic hydroxyl groups is 1. The highest BCUT2D eigenvalue weighted by Gasteiger charge is 2.21. The van der Waals surface area contributed by atoms with Crippen molar-refractivity contribution in [2.24, 2.45) is 0 Å². The summed E-state index contributed by atoms with van der Waals surface area (Å²) in [6.45, 7) is 1.11. The molecule has 8 nitrogen and oxygen atoms in total. The fraction of sp³-hybridized carbons (Fsp3) is 0.312. The lowest BCUT2D eigenvalue weighted by molar-refractivity contribution is -0.870. The average Bonchev–Trinajstić information content (AvgIpc) is 2.54. The third-order valence-corrected chi connectivity index (χ3v) is 4.80. The minimum atomic E-state index is -0.642. The molecule has 0 unspecified atom stereocenters. The Kier molecular flexibility index (Phi) is 6.07. The number of hydrogen-bond acceptors (Lipinski definition) is 6. The lowest BCUT2D eigenvalue weighted by Gasteiger charge is -2.21. The Labute approximate surface area is 162 Å². The van der Waals surface area contributed by atoms with E-state index in [0.29, 0.717) is 14.6 Å². The zero-order chi connectivity index (χ0) is 19.6. The van der Waals surface area contributed by atoms with Crippen molar-refractivity contribution in [2.75, 3.05) is 34.3 Å². The Bertz CT molecular complexity index is 971. The van der Waals surface area contributed by atoms with Crippen LogP contribution in [0.2, 0.25) is 5.02 Å². The highest BCUT2D eigenvalue weighted by atomic mass is 79.9. The molecule has 0 atom stereocenters. The van der Waals surface area contributed by atoms with Gasteiger partial charge in [-0.3, -0.25) is 4.79 Å². The van der Waals surface area contributed by atoms with Gasteiger partial charge in [0.2, 0.25) is 0 Å². The molecule has 0 amide bonds. The Balaban J connectivity index is 0.000000298. The molecule has 140 valence electrons. The molecule has 0 fully saturated rings. The van der Waals surface area contributed by atoms with Gasteiger partial charge in [-0.05, 0) is 28.1 Å². The van der Waals surface area contributed by atoms with Gasteiger partial charge in [0.15, 0.2) is 5.69 Å². The van der Waals surface area contributed by atoms with E-state index in [4.69, 9.17) is 16.7 Å². The molecular formula is C16H19BrClN4O4+. The molecule has 26 heavy (non-hydrogen) atoms. The van der Waals surface area contributed by atoms with Crippen LogP contribution in [0.15, 0.2) is 27.5 Å². The number of halogens is 2. The predicted molar refractivity (Wildman–Crippen MR) is 102 cm³/mol. The largest absolute Gasteiger partial charge is 0.491 e. The van der Waals surface area contributed by atoms with E-state index in [-0.39, 0.29) is 28.4 Å². The van der Waals surface area contributed by atoms with Gasteiger partial charge >= 0.3 is 0 Å². The minimum absolute atomic E-state index is 0.0564. The van der Waals surface area contributed by atoms with Crippen LogP contribution in [0.25, 0.3) is 22.2 Å². The molecule has 1 aromatic carbocycles. The molecule has 1 aromatic rings. The number of nitrogens with zero attached hydrogens (tertiary/aromatic N) is 4.